The molecular formula is C16H16ClF3N2OS. The molecule has 1 aromatic carbocycles. The first kappa shape index (κ1) is 18.7. The fourth-order valence-electron chi connectivity index (χ4n) is 2.03. The zero-order valence-corrected chi connectivity index (χ0v) is 14.3. The molecule has 0 fully saturated rings. The van der Waals surface area contributed by atoms with Crippen molar-refractivity contribution < 1.29 is 18.0 Å². The van der Waals surface area contributed by atoms with Gasteiger partial charge < -0.3 is 5.32 Å². The fourth-order valence-corrected chi connectivity index (χ4v) is 3.01. The Bertz CT molecular complexity index is 688. The van der Waals surface area contributed by atoms with Crippen LogP contribution in [0.4, 0.5) is 13.2 Å². The van der Waals surface area contributed by atoms with E-state index in [1.54, 1.807) is 11.4 Å². The number of alkyl halides is 4. The van der Waals surface area contributed by atoms with Gasteiger partial charge in [0, 0.05) is 36.2 Å². The molecule has 8 heteroatoms. The largest absolute Gasteiger partial charge is 0.416 e. The lowest BCUT2D eigenvalue weighted by atomic mass is 10.1. The van der Waals surface area contributed by atoms with Crippen LogP contribution in [0.25, 0.3) is 10.6 Å². The lowest BCUT2D eigenvalue weighted by Crippen LogP contribution is -2.25. The maximum Gasteiger partial charge on any atom is 0.416 e. The smallest absolute Gasteiger partial charge is 0.356 e. The number of carbonyl (C=O) groups excluding carboxylic acids is 1. The van der Waals surface area contributed by atoms with Crippen molar-refractivity contribution >= 4 is 28.8 Å². The van der Waals surface area contributed by atoms with Gasteiger partial charge in [0.25, 0.3) is 0 Å². The Morgan fingerprint density at radius 1 is 1.33 bits per heavy atom. The van der Waals surface area contributed by atoms with Crippen molar-refractivity contribution in [2.75, 3.05) is 12.4 Å². The Balaban J connectivity index is 1.95. The number of rotatable bonds is 7. The van der Waals surface area contributed by atoms with Crippen LogP contribution in [0.1, 0.15) is 24.1 Å². The van der Waals surface area contributed by atoms with Crippen LogP contribution in [-0.4, -0.2) is 23.3 Å². The highest BCUT2D eigenvalue weighted by molar-refractivity contribution is 7.13. The van der Waals surface area contributed by atoms with Gasteiger partial charge in [0.15, 0.2) is 0 Å². The number of hydrogen-bond acceptors (Lipinski definition) is 3. The van der Waals surface area contributed by atoms with E-state index in [0.29, 0.717) is 42.3 Å². The number of hydrogen-bond donors (Lipinski definition) is 1. The summed E-state index contributed by atoms with van der Waals surface area (Å²) in [5.74, 6) is 0.379. The molecule has 3 nitrogen and oxygen atoms in total. The lowest BCUT2D eigenvalue weighted by molar-refractivity contribution is -0.137. The van der Waals surface area contributed by atoms with Crippen LogP contribution in [0.2, 0.25) is 0 Å². The van der Waals surface area contributed by atoms with Gasteiger partial charge in [-0.15, -0.1) is 22.9 Å². The molecule has 0 bridgehead atoms. The van der Waals surface area contributed by atoms with E-state index in [4.69, 9.17) is 11.6 Å². The first-order valence-electron chi connectivity index (χ1n) is 7.35. The minimum atomic E-state index is -4.37. The van der Waals surface area contributed by atoms with Crippen LogP contribution in [0.3, 0.4) is 0 Å². The van der Waals surface area contributed by atoms with Gasteiger partial charge in [0.2, 0.25) is 5.91 Å². The van der Waals surface area contributed by atoms with Gasteiger partial charge >= 0.3 is 6.18 Å². The summed E-state index contributed by atoms with van der Waals surface area (Å²) in [5.41, 5.74) is 0.487. The van der Waals surface area contributed by atoms with E-state index < -0.39 is 11.7 Å². The number of halogens is 4. The lowest BCUT2D eigenvalue weighted by Gasteiger charge is -2.07. The van der Waals surface area contributed by atoms with Crippen molar-refractivity contribution in [1.82, 2.24) is 10.3 Å². The molecule has 24 heavy (non-hydrogen) atoms. The summed E-state index contributed by atoms with van der Waals surface area (Å²) >= 11 is 6.80. The summed E-state index contributed by atoms with van der Waals surface area (Å²) in [5, 5.41) is 5.09. The molecule has 2 rings (SSSR count). The van der Waals surface area contributed by atoms with E-state index in [9.17, 15) is 18.0 Å². The van der Waals surface area contributed by atoms with Crippen LogP contribution in [-0.2, 0) is 17.4 Å². The molecule has 1 N–H and O–H groups in total. The maximum absolute atomic E-state index is 12.8. The number of thiazole rings is 1. The summed E-state index contributed by atoms with van der Waals surface area (Å²) in [6.07, 6.45) is -2.83. The van der Waals surface area contributed by atoms with Gasteiger partial charge in [-0.25, -0.2) is 4.98 Å². The molecule has 0 aliphatic heterocycles. The van der Waals surface area contributed by atoms with Crippen molar-refractivity contribution in [3.8, 4) is 10.6 Å². The van der Waals surface area contributed by atoms with E-state index in [1.807, 2.05) is 0 Å². The Morgan fingerprint density at radius 2 is 2.12 bits per heavy atom. The molecule has 0 aliphatic carbocycles. The summed E-state index contributed by atoms with van der Waals surface area (Å²) in [6, 6.07) is 5.10. The van der Waals surface area contributed by atoms with Crippen LogP contribution in [0.5, 0.6) is 0 Å². The molecular weight excluding hydrogens is 361 g/mol. The molecule has 0 radical (unpaired) electrons. The average molecular weight is 377 g/mol. The molecule has 0 atom stereocenters. The van der Waals surface area contributed by atoms with E-state index >= 15 is 0 Å². The maximum atomic E-state index is 12.8. The first-order chi connectivity index (χ1) is 11.4. The fraction of sp³-hybridized carbons (Fsp3) is 0.375. The third-order valence-corrected chi connectivity index (χ3v) is 4.44. The number of nitrogens with one attached hydrogen (secondary N) is 1. The second kappa shape index (κ2) is 8.48. The van der Waals surface area contributed by atoms with E-state index in [1.165, 1.54) is 17.4 Å². The SMILES string of the molecule is O=C(CCCCl)NCCc1csc(-c2cccc(C(F)(F)F)c2)n1. The molecule has 2 aromatic rings. The highest BCUT2D eigenvalue weighted by Crippen LogP contribution is 2.33. The topological polar surface area (TPSA) is 42.0 Å². The van der Waals surface area contributed by atoms with Crippen molar-refractivity contribution in [2.45, 2.75) is 25.4 Å². The molecule has 1 amide bonds. The Morgan fingerprint density at radius 3 is 2.83 bits per heavy atom. The third kappa shape index (κ3) is 5.49. The summed E-state index contributed by atoms with van der Waals surface area (Å²) in [4.78, 5) is 15.8. The molecule has 0 saturated heterocycles. The second-order valence-electron chi connectivity index (χ2n) is 5.12. The standard InChI is InChI=1S/C16H16ClF3N2OS/c17-7-2-5-14(23)21-8-6-13-10-24-15(22-13)11-3-1-4-12(9-11)16(18,19)20/h1,3-4,9-10H,2,5-8H2,(H,21,23). The molecule has 130 valence electrons. The van der Waals surface area contributed by atoms with Crippen LogP contribution < -0.4 is 5.32 Å². The molecule has 0 unspecified atom stereocenters. The van der Waals surface area contributed by atoms with Crippen molar-refractivity contribution in [3.05, 3.63) is 40.9 Å². The van der Waals surface area contributed by atoms with Crippen LogP contribution in [0, 0.1) is 0 Å². The number of nitrogens with zero attached hydrogens (tertiary/aromatic N) is 1. The van der Waals surface area contributed by atoms with E-state index in [0.717, 1.165) is 17.8 Å². The minimum absolute atomic E-state index is 0.0658. The number of benzene rings is 1. The van der Waals surface area contributed by atoms with E-state index in [2.05, 4.69) is 10.3 Å². The molecule has 0 aliphatic rings. The highest BCUT2D eigenvalue weighted by atomic mass is 35.5. The zero-order chi connectivity index (χ0) is 17.6. The molecule has 0 spiro atoms. The quantitative estimate of drug-likeness (QED) is 0.722. The van der Waals surface area contributed by atoms with Crippen LogP contribution in [0.15, 0.2) is 29.6 Å². The van der Waals surface area contributed by atoms with Gasteiger partial charge in [-0.1, -0.05) is 12.1 Å². The summed E-state index contributed by atoms with van der Waals surface area (Å²) in [6.45, 7) is 0.437. The predicted molar refractivity (Wildman–Crippen MR) is 89.2 cm³/mol. The molecule has 1 aromatic heterocycles. The normalized spacial score (nSPS) is 11.5. The number of amides is 1. The number of carbonyl (C=O) groups is 1. The van der Waals surface area contributed by atoms with Crippen molar-refractivity contribution in [1.29, 1.82) is 0 Å². The van der Waals surface area contributed by atoms with Gasteiger partial charge in [-0.05, 0) is 18.6 Å². The Labute approximate surface area is 146 Å². The van der Waals surface area contributed by atoms with Crippen LogP contribution >= 0.6 is 22.9 Å². The minimum Gasteiger partial charge on any atom is -0.356 e. The van der Waals surface area contributed by atoms with Crippen molar-refractivity contribution in [2.24, 2.45) is 0 Å². The monoisotopic (exact) mass is 376 g/mol. The summed E-state index contributed by atoms with van der Waals surface area (Å²) in [7, 11) is 0. The van der Waals surface area contributed by atoms with Gasteiger partial charge in [-0.3, -0.25) is 4.79 Å². The number of aromatic nitrogens is 1. The molecule has 1 heterocycles. The van der Waals surface area contributed by atoms with E-state index in [-0.39, 0.29) is 5.91 Å². The van der Waals surface area contributed by atoms with Gasteiger partial charge in [0.1, 0.15) is 5.01 Å². The van der Waals surface area contributed by atoms with Gasteiger partial charge in [-0.2, -0.15) is 13.2 Å². The van der Waals surface area contributed by atoms with Crippen molar-refractivity contribution in [3.63, 3.8) is 0 Å². The first-order valence-corrected chi connectivity index (χ1v) is 8.76. The Hall–Kier alpha value is -1.60. The molecule has 0 saturated carbocycles. The second-order valence-corrected chi connectivity index (χ2v) is 6.35. The Kier molecular flexibility index (Phi) is 6.62. The zero-order valence-electron chi connectivity index (χ0n) is 12.7. The predicted octanol–water partition coefficient (Wildman–Crippen LogP) is 4.51. The third-order valence-electron chi connectivity index (χ3n) is 3.23. The highest BCUT2D eigenvalue weighted by Gasteiger charge is 2.30. The summed E-state index contributed by atoms with van der Waals surface area (Å²) < 4.78 is 38.3. The average Bonchev–Trinajstić information content (AvgIpc) is 3.01. The van der Waals surface area contributed by atoms with Gasteiger partial charge in [0.05, 0.1) is 11.3 Å².